The number of anilines is 1. The molecule has 1 aliphatic heterocycles. The predicted octanol–water partition coefficient (Wildman–Crippen LogP) is 5.99. The fourth-order valence-corrected chi connectivity index (χ4v) is 8.38. The maximum atomic E-state index is 14.2. The Hall–Kier alpha value is -2.75. The van der Waals surface area contributed by atoms with E-state index in [-0.39, 0.29) is 17.1 Å². The second kappa shape index (κ2) is 12.3. The maximum Gasteiger partial charge on any atom is 0.245 e. The van der Waals surface area contributed by atoms with Crippen LogP contribution in [-0.2, 0) is 20.0 Å². The van der Waals surface area contributed by atoms with Gasteiger partial charge in [0.15, 0.2) is 9.84 Å². The van der Waals surface area contributed by atoms with E-state index >= 15 is 0 Å². The van der Waals surface area contributed by atoms with Crippen LogP contribution in [0.25, 0.3) is 10.9 Å². The van der Waals surface area contributed by atoms with Crippen LogP contribution in [0.4, 0.5) is 5.82 Å². The van der Waals surface area contributed by atoms with Crippen LogP contribution in [0.15, 0.2) is 53.4 Å². The zero-order chi connectivity index (χ0) is 31.0. The van der Waals surface area contributed by atoms with Crippen molar-refractivity contribution in [3.63, 3.8) is 0 Å². The SMILES string of the molecule is CC(C)CNC1CCC(CS(=O)(=O)c2ccccc2)(N2CC[C@H](Nc3nc(C(C)(C)C)nc4ccc(Cl)cc34)C2=O)CC1. The lowest BCUT2D eigenvalue weighted by Gasteiger charge is -2.46. The Morgan fingerprint density at radius 1 is 1.05 bits per heavy atom. The van der Waals surface area contributed by atoms with E-state index < -0.39 is 21.4 Å². The van der Waals surface area contributed by atoms with E-state index in [1.807, 2.05) is 23.1 Å². The number of likely N-dealkylation sites (tertiary alicyclic amines) is 1. The fourth-order valence-electron chi connectivity index (χ4n) is 6.31. The van der Waals surface area contributed by atoms with Crippen LogP contribution in [0.1, 0.15) is 72.5 Å². The van der Waals surface area contributed by atoms with Gasteiger partial charge in [0.2, 0.25) is 5.91 Å². The highest BCUT2D eigenvalue weighted by Gasteiger charge is 2.49. The van der Waals surface area contributed by atoms with E-state index in [1.54, 1.807) is 30.3 Å². The average Bonchev–Trinajstić information content (AvgIpc) is 3.32. The molecule has 2 fully saturated rings. The molecular formula is C33H44ClN5O3S. The molecule has 2 aliphatic rings. The largest absolute Gasteiger partial charge is 0.358 e. The summed E-state index contributed by atoms with van der Waals surface area (Å²) in [6, 6.07) is 13.9. The number of amides is 1. The van der Waals surface area contributed by atoms with Crippen molar-refractivity contribution in [2.24, 2.45) is 5.92 Å². The number of aromatic nitrogens is 2. The Morgan fingerprint density at radius 3 is 2.40 bits per heavy atom. The summed E-state index contributed by atoms with van der Waals surface area (Å²) in [5, 5.41) is 8.40. The van der Waals surface area contributed by atoms with Gasteiger partial charge in [0.25, 0.3) is 0 Å². The van der Waals surface area contributed by atoms with Crippen molar-refractivity contribution in [3.8, 4) is 0 Å². The second-order valence-electron chi connectivity index (χ2n) is 13.7. The topological polar surface area (TPSA) is 104 Å². The predicted molar refractivity (Wildman–Crippen MR) is 173 cm³/mol. The molecule has 5 rings (SSSR count). The summed E-state index contributed by atoms with van der Waals surface area (Å²) < 4.78 is 27.5. The van der Waals surface area contributed by atoms with Crippen LogP contribution in [0.5, 0.6) is 0 Å². The average molecular weight is 626 g/mol. The fraction of sp³-hybridized carbons (Fsp3) is 0.545. The molecule has 1 aliphatic carbocycles. The number of fused-ring (bicyclic) bond motifs is 1. The van der Waals surface area contributed by atoms with Crippen molar-refractivity contribution in [3.05, 3.63) is 59.4 Å². The van der Waals surface area contributed by atoms with E-state index in [4.69, 9.17) is 21.6 Å². The third-order valence-corrected chi connectivity index (χ3v) is 10.9. The molecule has 1 aromatic heterocycles. The Morgan fingerprint density at radius 2 is 1.74 bits per heavy atom. The first-order valence-electron chi connectivity index (χ1n) is 15.3. The van der Waals surface area contributed by atoms with Gasteiger partial charge in [0, 0.05) is 28.4 Å². The third kappa shape index (κ3) is 6.99. The maximum absolute atomic E-state index is 14.2. The van der Waals surface area contributed by atoms with Crippen molar-refractivity contribution in [2.75, 3.05) is 24.2 Å². The Balaban J connectivity index is 1.44. The molecule has 8 nitrogen and oxygen atoms in total. The molecule has 10 heteroatoms. The van der Waals surface area contributed by atoms with Crippen molar-refractivity contribution < 1.29 is 13.2 Å². The van der Waals surface area contributed by atoms with E-state index in [1.165, 1.54) is 0 Å². The summed E-state index contributed by atoms with van der Waals surface area (Å²) in [5.41, 5.74) is -0.313. The number of carbonyl (C=O) groups is 1. The molecule has 0 unspecified atom stereocenters. The van der Waals surface area contributed by atoms with Gasteiger partial charge in [-0.05, 0) is 74.9 Å². The Bertz CT molecular complexity index is 1560. The van der Waals surface area contributed by atoms with Crippen molar-refractivity contribution in [1.29, 1.82) is 0 Å². The number of nitrogens with one attached hydrogen (secondary N) is 2. The molecule has 1 saturated heterocycles. The number of carbonyl (C=O) groups excluding carboxylic acids is 1. The second-order valence-corrected chi connectivity index (χ2v) is 16.1. The molecular weight excluding hydrogens is 582 g/mol. The monoisotopic (exact) mass is 625 g/mol. The molecule has 0 spiro atoms. The highest BCUT2D eigenvalue weighted by atomic mass is 35.5. The summed E-state index contributed by atoms with van der Waals surface area (Å²) in [4.78, 5) is 26.0. The zero-order valence-corrected chi connectivity index (χ0v) is 27.4. The highest BCUT2D eigenvalue weighted by Crippen LogP contribution is 2.40. The molecule has 2 N–H and O–H groups in total. The van der Waals surface area contributed by atoms with Crippen molar-refractivity contribution in [2.45, 2.75) is 94.7 Å². The summed E-state index contributed by atoms with van der Waals surface area (Å²) in [6.07, 6.45) is 3.46. The molecule has 1 saturated carbocycles. The smallest absolute Gasteiger partial charge is 0.245 e. The van der Waals surface area contributed by atoms with E-state index in [9.17, 15) is 13.2 Å². The molecule has 0 bridgehead atoms. The first-order chi connectivity index (χ1) is 20.3. The van der Waals surface area contributed by atoms with Crippen molar-refractivity contribution in [1.82, 2.24) is 20.2 Å². The van der Waals surface area contributed by atoms with Gasteiger partial charge in [0.1, 0.15) is 17.7 Å². The first-order valence-corrected chi connectivity index (χ1v) is 17.4. The summed E-state index contributed by atoms with van der Waals surface area (Å²) >= 11 is 6.35. The lowest BCUT2D eigenvalue weighted by Crippen LogP contribution is -2.58. The number of benzene rings is 2. The lowest BCUT2D eigenvalue weighted by molar-refractivity contribution is -0.134. The van der Waals surface area contributed by atoms with Gasteiger partial charge in [-0.15, -0.1) is 0 Å². The molecule has 232 valence electrons. The normalized spacial score (nSPS) is 23.3. The van der Waals surface area contributed by atoms with Crippen LogP contribution >= 0.6 is 11.6 Å². The van der Waals surface area contributed by atoms with Gasteiger partial charge in [0.05, 0.1) is 21.7 Å². The molecule has 2 heterocycles. The van der Waals surface area contributed by atoms with Gasteiger partial charge < -0.3 is 15.5 Å². The molecule has 1 amide bonds. The molecule has 43 heavy (non-hydrogen) atoms. The summed E-state index contributed by atoms with van der Waals surface area (Å²) in [7, 11) is -3.62. The van der Waals surface area contributed by atoms with E-state index in [0.717, 1.165) is 30.3 Å². The Labute approximate surface area is 260 Å². The van der Waals surface area contributed by atoms with Gasteiger partial charge >= 0.3 is 0 Å². The minimum atomic E-state index is -3.62. The van der Waals surface area contributed by atoms with Crippen LogP contribution in [0.3, 0.4) is 0 Å². The lowest BCUT2D eigenvalue weighted by atomic mass is 9.79. The number of sulfone groups is 1. The number of hydrogen-bond acceptors (Lipinski definition) is 7. The van der Waals surface area contributed by atoms with Crippen LogP contribution in [0, 0.1) is 5.92 Å². The minimum Gasteiger partial charge on any atom is -0.358 e. The first kappa shape index (κ1) is 31.7. The number of rotatable bonds is 9. The molecule has 3 aromatic rings. The van der Waals surface area contributed by atoms with Crippen LogP contribution in [-0.4, -0.2) is 65.7 Å². The Kier molecular flexibility index (Phi) is 9.08. The standard InChI is InChI=1S/C33H44ClN5O3S/c1-22(2)20-35-24-13-16-33(17-14-24,21-43(41,42)25-9-7-6-8-10-25)39-18-15-28(30(39)40)36-29-26-19-23(34)11-12-27(26)37-31(38-29)32(3,4)5/h6-12,19,22,24,28,35H,13-18,20-21H2,1-5H3,(H,36,37,38)/t24?,28-,33?/m0/s1. The number of hydrogen-bond donors (Lipinski definition) is 2. The molecule has 1 atom stereocenters. The van der Waals surface area contributed by atoms with Gasteiger partial charge in [-0.1, -0.05) is 64.4 Å². The number of halogens is 1. The third-order valence-electron chi connectivity index (χ3n) is 8.71. The quantitative estimate of drug-likeness (QED) is 0.301. The summed E-state index contributed by atoms with van der Waals surface area (Å²) in [5.74, 6) is 1.61. The van der Waals surface area contributed by atoms with E-state index in [2.05, 4.69) is 45.3 Å². The molecule has 2 aromatic carbocycles. The number of nitrogens with zero attached hydrogens (tertiary/aromatic N) is 3. The zero-order valence-electron chi connectivity index (χ0n) is 25.9. The van der Waals surface area contributed by atoms with Crippen LogP contribution < -0.4 is 10.6 Å². The van der Waals surface area contributed by atoms with Gasteiger partial charge in [-0.25, -0.2) is 18.4 Å². The van der Waals surface area contributed by atoms with Gasteiger partial charge in [-0.3, -0.25) is 4.79 Å². The highest BCUT2D eigenvalue weighted by molar-refractivity contribution is 7.91. The molecule has 0 radical (unpaired) electrons. The minimum absolute atomic E-state index is 0.0806. The summed E-state index contributed by atoms with van der Waals surface area (Å²) in [6.45, 7) is 11.9. The van der Waals surface area contributed by atoms with Crippen molar-refractivity contribution >= 4 is 44.1 Å². The van der Waals surface area contributed by atoms with E-state index in [0.29, 0.717) is 59.3 Å². The van der Waals surface area contributed by atoms with Gasteiger partial charge in [-0.2, -0.15) is 0 Å². The van der Waals surface area contributed by atoms with Crippen LogP contribution in [0.2, 0.25) is 5.02 Å².